The number of carbonyl (C=O) groups is 3. The molecule has 6 heteroatoms. The van der Waals surface area contributed by atoms with Crippen molar-refractivity contribution in [1.29, 1.82) is 0 Å². The van der Waals surface area contributed by atoms with Crippen LogP contribution in [0.3, 0.4) is 0 Å². The first-order valence-electron chi connectivity index (χ1n) is 26.3. The Balaban J connectivity index is 4.23. The second kappa shape index (κ2) is 45.9. The molecule has 0 N–H and O–H groups in total. The number of carbonyl (C=O) groups excluding carboxylic acids is 3. The normalized spacial score (nSPS) is 12.5. The summed E-state index contributed by atoms with van der Waals surface area (Å²) in [7, 11) is 0. The fraction of sp³-hybridized carbons (Fsp3) is 0.943. The molecule has 0 spiro atoms. The van der Waals surface area contributed by atoms with E-state index >= 15 is 0 Å². The van der Waals surface area contributed by atoms with Crippen molar-refractivity contribution in [2.24, 2.45) is 11.8 Å². The highest BCUT2D eigenvalue weighted by Crippen LogP contribution is 2.18. The second-order valence-corrected chi connectivity index (χ2v) is 18.9. The number of ether oxygens (including phenoxy) is 3. The summed E-state index contributed by atoms with van der Waals surface area (Å²) in [5.41, 5.74) is 0. The number of rotatable bonds is 47. The van der Waals surface area contributed by atoms with Crippen molar-refractivity contribution in [3.63, 3.8) is 0 Å². The molecular formula is C53H102O6. The first-order chi connectivity index (χ1) is 28.8. The van der Waals surface area contributed by atoms with Gasteiger partial charge in [0, 0.05) is 19.3 Å². The van der Waals surface area contributed by atoms with E-state index in [-0.39, 0.29) is 31.1 Å². The molecule has 0 aliphatic carbocycles. The summed E-state index contributed by atoms with van der Waals surface area (Å²) in [5.74, 6) is 0.765. The van der Waals surface area contributed by atoms with Crippen LogP contribution in [0.5, 0.6) is 0 Å². The zero-order chi connectivity index (χ0) is 43.3. The fourth-order valence-electron chi connectivity index (χ4n) is 7.96. The minimum absolute atomic E-state index is 0.0649. The van der Waals surface area contributed by atoms with Gasteiger partial charge < -0.3 is 14.2 Å². The molecule has 0 aromatic rings. The zero-order valence-corrected chi connectivity index (χ0v) is 40.4. The molecule has 0 aromatic carbocycles. The predicted molar refractivity (Wildman–Crippen MR) is 252 cm³/mol. The molecule has 0 heterocycles. The lowest BCUT2D eigenvalue weighted by atomic mass is 10.00. The van der Waals surface area contributed by atoms with Crippen LogP contribution in [0.2, 0.25) is 0 Å². The molecule has 0 aliphatic rings. The molecule has 350 valence electrons. The van der Waals surface area contributed by atoms with E-state index in [4.69, 9.17) is 14.2 Å². The quantitative estimate of drug-likeness (QED) is 0.0345. The van der Waals surface area contributed by atoms with Crippen molar-refractivity contribution in [2.75, 3.05) is 13.2 Å². The van der Waals surface area contributed by atoms with Crippen LogP contribution in [0.4, 0.5) is 0 Å². The van der Waals surface area contributed by atoms with Gasteiger partial charge >= 0.3 is 17.9 Å². The van der Waals surface area contributed by atoms with E-state index < -0.39 is 6.10 Å². The number of hydrogen-bond donors (Lipinski definition) is 0. The van der Waals surface area contributed by atoms with Crippen LogP contribution in [-0.2, 0) is 28.6 Å². The minimum atomic E-state index is -0.762. The van der Waals surface area contributed by atoms with Crippen molar-refractivity contribution < 1.29 is 28.6 Å². The van der Waals surface area contributed by atoms with E-state index in [9.17, 15) is 14.4 Å². The van der Waals surface area contributed by atoms with E-state index in [0.717, 1.165) is 69.6 Å². The van der Waals surface area contributed by atoms with Gasteiger partial charge in [0.05, 0.1) is 0 Å². The van der Waals surface area contributed by atoms with E-state index in [2.05, 4.69) is 34.6 Å². The number of unbranched alkanes of at least 4 members (excludes halogenated alkanes) is 31. The van der Waals surface area contributed by atoms with Gasteiger partial charge in [0.25, 0.3) is 0 Å². The Labute approximate surface area is 368 Å². The highest BCUT2D eigenvalue weighted by molar-refractivity contribution is 5.71. The van der Waals surface area contributed by atoms with Gasteiger partial charge in [0.2, 0.25) is 0 Å². The van der Waals surface area contributed by atoms with Gasteiger partial charge in [0.15, 0.2) is 6.10 Å². The molecule has 2 atom stereocenters. The highest BCUT2D eigenvalue weighted by atomic mass is 16.6. The lowest BCUT2D eigenvalue weighted by Gasteiger charge is -2.18. The molecular weight excluding hydrogens is 733 g/mol. The molecule has 0 rings (SSSR count). The van der Waals surface area contributed by atoms with Gasteiger partial charge in [0.1, 0.15) is 13.2 Å². The van der Waals surface area contributed by atoms with Crippen molar-refractivity contribution >= 4 is 17.9 Å². The maximum Gasteiger partial charge on any atom is 0.306 e. The van der Waals surface area contributed by atoms with Crippen LogP contribution >= 0.6 is 0 Å². The average molecular weight is 835 g/mol. The third-order valence-electron chi connectivity index (χ3n) is 12.3. The Morgan fingerprint density at radius 3 is 0.966 bits per heavy atom. The molecule has 0 radical (unpaired) electrons. The first-order valence-corrected chi connectivity index (χ1v) is 26.3. The van der Waals surface area contributed by atoms with Gasteiger partial charge in [-0.3, -0.25) is 14.4 Å². The van der Waals surface area contributed by atoms with Crippen LogP contribution in [0.25, 0.3) is 0 Å². The lowest BCUT2D eigenvalue weighted by Crippen LogP contribution is -2.30. The molecule has 1 unspecified atom stereocenters. The largest absolute Gasteiger partial charge is 0.462 e. The van der Waals surface area contributed by atoms with Crippen LogP contribution in [0, 0.1) is 11.8 Å². The van der Waals surface area contributed by atoms with Crippen molar-refractivity contribution in [3.8, 4) is 0 Å². The molecule has 0 saturated heterocycles. The summed E-state index contributed by atoms with van der Waals surface area (Å²) in [6, 6.07) is 0. The summed E-state index contributed by atoms with van der Waals surface area (Å²) >= 11 is 0. The number of esters is 3. The highest BCUT2D eigenvalue weighted by Gasteiger charge is 2.19. The standard InChI is InChI=1S/C53H102O6/c1-6-8-9-10-11-12-13-14-15-16-17-18-19-20-21-24-27-33-38-43-51(54)57-46-50(59-53(56)45-40-35-30-29-32-37-42-49(5)7-2)47-58-52(55)44-39-34-28-25-22-23-26-31-36-41-48(3)4/h48-50H,6-47H2,1-5H3/t49?,50-/m0/s1. The molecule has 6 nitrogen and oxygen atoms in total. The van der Waals surface area contributed by atoms with Crippen LogP contribution in [0.1, 0.15) is 291 Å². The van der Waals surface area contributed by atoms with Crippen LogP contribution in [0.15, 0.2) is 0 Å². The topological polar surface area (TPSA) is 78.9 Å². The van der Waals surface area contributed by atoms with E-state index in [1.165, 1.54) is 180 Å². The molecule has 59 heavy (non-hydrogen) atoms. The molecule has 0 aromatic heterocycles. The van der Waals surface area contributed by atoms with Gasteiger partial charge in [-0.05, 0) is 31.1 Å². The van der Waals surface area contributed by atoms with Crippen molar-refractivity contribution in [2.45, 2.75) is 298 Å². The third kappa shape index (κ3) is 45.8. The average Bonchev–Trinajstić information content (AvgIpc) is 3.22. The Hall–Kier alpha value is -1.59. The predicted octanol–water partition coefficient (Wildman–Crippen LogP) is 16.9. The summed E-state index contributed by atoms with van der Waals surface area (Å²) in [4.78, 5) is 37.9. The smallest absolute Gasteiger partial charge is 0.306 e. The SMILES string of the molecule is CCCCCCCCCCCCCCCCCCCCCC(=O)OC[C@@H](COC(=O)CCCCCCCCCCCC(C)C)OC(=O)CCCCCCCCC(C)CC. The molecule has 0 bridgehead atoms. The summed E-state index contributed by atoms with van der Waals surface area (Å²) in [6.45, 7) is 11.3. The van der Waals surface area contributed by atoms with Gasteiger partial charge in [-0.1, -0.05) is 253 Å². The second-order valence-electron chi connectivity index (χ2n) is 18.9. The zero-order valence-electron chi connectivity index (χ0n) is 40.4. The van der Waals surface area contributed by atoms with E-state index in [1.54, 1.807) is 0 Å². The maximum atomic E-state index is 12.7. The van der Waals surface area contributed by atoms with Gasteiger partial charge in [-0.2, -0.15) is 0 Å². The van der Waals surface area contributed by atoms with Crippen LogP contribution in [-0.4, -0.2) is 37.2 Å². The van der Waals surface area contributed by atoms with E-state index in [0.29, 0.717) is 19.3 Å². The van der Waals surface area contributed by atoms with Gasteiger partial charge in [-0.25, -0.2) is 0 Å². The maximum absolute atomic E-state index is 12.7. The summed E-state index contributed by atoms with van der Waals surface area (Å²) in [5, 5.41) is 0. The minimum Gasteiger partial charge on any atom is -0.462 e. The Morgan fingerprint density at radius 1 is 0.356 bits per heavy atom. The fourth-order valence-corrected chi connectivity index (χ4v) is 7.96. The Kier molecular flexibility index (Phi) is 44.7. The number of hydrogen-bond acceptors (Lipinski definition) is 6. The summed E-state index contributed by atoms with van der Waals surface area (Å²) in [6.07, 6.45) is 46.7. The Bertz CT molecular complexity index is 902. The summed E-state index contributed by atoms with van der Waals surface area (Å²) < 4.78 is 16.8. The monoisotopic (exact) mass is 835 g/mol. The first kappa shape index (κ1) is 57.4. The molecule has 0 saturated carbocycles. The van der Waals surface area contributed by atoms with Crippen molar-refractivity contribution in [1.82, 2.24) is 0 Å². The third-order valence-corrected chi connectivity index (χ3v) is 12.3. The molecule has 0 amide bonds. The van der Waals surface area contributed by atoms with E-state index in [1.807, 2.05) is 0 Å². The lowest BCUT2D eigenvalue weighted by molar-refractivity contribution is -0.167. The Morgan fingerprint density at radius 2 is 0.644 bits per heavy atom. The molecule has 0 fully saturated rings. The molecule has 0 aliphatic heterocycles. The van der Waals surface area contributed by atoms with Crippen LogP contribution < -0.4 is 0 Å². The van der Waals surface area contributed by atoms with Crippen molar-refractivity contribution in [3.05, 3.63) is 0 Å². The van der Waals surface area contributed by atoms with Gasteiger partial charge in [-0.15, -0.1) is 0 Å².